The van der Waals surface area contributed by atoms with Gasteiger partial charge in [0.15, 0.2) is 11.5 Å². The van der Waals surface area contributed by atoms with Crippen LogP contribution in [0.25, 0.3) is 0 Å². The summed E-state index contributed by atoms with van der Waals surface area (Å²) in [5.41, 5.74) is 2.72. The Balaban J connectivity index is 2.13. The van der Waals surface area contributed by atoms with Gasteiger partial charge in [-0.2, -0.15) is 0 Å². The van der Waals surface area contributed by atoms with E-state index in [1.54, 1.807) is 0 Å². The molecule has 1 unspecified atom stereocenters. The predicted molar refractivity (Wildman–Crippen MR) is 79.1 cm³/mol. The summed E-state index contributed by atoms with van der Waals surface area (Å²) in [5, 5.41) is 3.60. The fraction of sp³-hybridized carbons (Fsp3) is 0.600. The summed E-state index contributed by atoms with van der Waals surface area (Å²) < 4.78 is 12.8. The molecule has 0 bridgehead atoms. The van der Waals surface area contributed by atoms with Crippen LogP contribution in [0.15, 0.2) is 10.5 Å². The maximum Gasteiger partial charge on any atom is 0.166 e. The Labute approximate surface area is 122 Å². The van der Waals surface area contributed by atoms with Gasteiger partial charge in [0.05, 0.1) is 0 Å². The van der Waals surface area contributed by atoms with Crippen LogP contribution in [0.5, 0.6) is 11.5 Å². The number of nitrogens with one attached hydrogen (secondary N) is 1. The van der Waals surface area contributed by atoms with Crippen molar-refractivity contribution >= 4 is 15.9 Å². The van der Waals surface area contributed by atoms with Gasteiger partial charge in [-0.1, -0.05) is 29.3 Å². The van der Waals surface area contributed by atoms with Crippen molar-refractivity contribution in [2.75, 3.05) is 19.8 Å². The average Bonchev–Trinajstić information content (AvgIpc) is 2.63. The van der Waals surface area contributed by atoms with Gasteiger partial charge >= 0.3 is 0 Å². The molecule has 2 aliphatic rings. The Kier molecular flexibility index (Phi) is 3.99. The van der Waals surface area contributed by atoms with Gasteiger partial charge in [0.2, 0.25) is 0 Å². The second-order valence-electron chi connectivity index (χ2n) is 5.13. The molecule has 0 amide bonds. The summed E-state index contributed by atoms with van der Waals surface area (Å²) >= 11 is 3.71. The zero-order valence-corrected chi connectivity index (χ0v) is 12.9. The maximum absolute atomic E-state index is 5.92. The molecular weight excluding hydrogens is 306 g/mol. The lowest BCUT2D eigenvalue weighted by atomic mass is 9.97. The SMILES string of the molecule is CCNC1CCCCc2c(Br)cc3c(c21)OCCO3. The van der Waals surface area contributed by atoms with Crippen molar-refractivity contribution in [3.8, 4) is 11.5 Å². The van der Waals surface area contributed by atoms with Crippen molar-refractivity contribution in [1.29, 1.82) is 0 Å². The number of fused-ring (bicyclic) bond motifs is 3. The first kappa shape index (κ1) is 13.3. The Morgan fingerprint density at radius 3 is 3.00 bits per heavy atom. The minimum atomic E-state index is 0.385. The highest BCUT2D eigenvalue weighted by Gasteiger charge is 2.28. The van der Waals surface area contributed by atoms with Crippen molar-refractivity contribution in [2.24, 2.45) is 0 Å². The standard InChI is InChI=1S/C15H20BrNO2/c1-2-17-12-6-4-3-5-10-11(16)9-13-15(14(10)12)19-8-7-18-13/h9,12,17H,2-8H2,1H3. The van der Waals surface area contributed by atoms with E-state index in [0.717, 1.165) is 28.9 Å². The number of hydrogen-bond donors (Lipinski definition) is 1. The molecule has 1 heterocycles. The average molecular weight is 326 g/mol. The first-order chi connectivity index (χ1) is 9.31. The Bertz CT molecular complexity index is 476. The van der Waals surface area contributed by atoms with E-state index in [0.29, 0.717) is 19.3 Å². The minimum absolute atomic E-state index is 0.385. The van der Waals surface area contributed by atoms with Gasteiger partial charge in [-0.3, -0.25) is 0 Å². The summed E-state index contributed by atoms with van der Waals surface area (Å²) in [7, 11) is 0. The Hall–Kier alpha value is -0.740. The molecule has 3 nitrogen and oxygen atoms in total. The summed E-state index contributed by atoms with van der Waals surface area (Å²) in [6.07, 6.45) is 4.79. The van der Waals surface area contributed by atoms with Gasteiger partial charge in [0.1, 0.15) is 13.2 Å². The number of halogens is 1. The molecule has 0 saturated carbocycles. The monoisotopic (exact) mass is 325 g/mol. The van der Waals surface area contributed by atoms with Crippen LogP contribution in [0.3, 0.4) is 0 Å². The fourth-order valence-corrected chi connectivity index (χ4v) is 3.71. The van der Waals surface area contributed by atoms with Gasteiger partial charge < -0.3 is 14.8 Å². The van der Waals surface area contributed by atoms with Gasteiger partial charge in [0, 0.05) is 16.1 Å². The lowest BCUT2D eigenvalue weighted by molar-refractivity contribution is 0.168. The second-order valence-corrected chi connectivity index (χ2v) is 5.99. The Morgan fingerprint density at radius 1 is 1.32 bits per heavy atom. The number of benzene rings is 1. The molecule has 1 aliphatic heterocycles. The van der Waals surface area contributed by atoms with Gasteiger partial charge in [0.25, 0.3) is 0 Å². The molecule has 0 radical (unpaired) electrons. The van der Waals surface area contributed by atoms with Crippen LogP contribution >= 0.6 is 15.9 Å². The lowest BCUT2D eigenvalue weighted by Gasteiger charge is -2.27. The van der Waals surface area contributed by atoms with Crippen LogP contribution in [-0.2, 0) is 6.42 Å². The third-order valence-electron chi connectivity index (χ3n) is 3.90. The van der Waals surface area contributed by atoms with Crippen LogP contribution in [0.1, 0.15) is 43.4 Å². The molecule has 1 N–H and O–H groups in total. The summed E-state index contributed by atoms with van der Waals surface area (Å²) in [4.78, 5) is 0. The molecule has 1 aliphatic carbocycles. The highest BCUT2D eigenvalue weighted by molar-refractivity contribution is 9.10. The molecule has 0 fully saturated rings. The molecule has 0 aromatic heterocycles. The van der Waals surface area contributed by atoms with E-state index in [-0.39, 0.29) is 0 Å². The molecule has 104 valence electrons. The van der Waals surface area contributed by atoms with E-state index in [1.165, 1.54) is 30.4 Å². The second kappa shape index (κ2) is 5.71. The number of ether oxygens (including phenoxy) is 2. The molecule has 0 spiro atoms. The Morgan fingerprint density at radius 2 is 2.16 bits per heavy atom. The molecule has 1 aromatic carbocycles. The van der Waals surface area contributed by atoms with Crippen molar-refractivity contribution in [3.63, 3.8) is 0 Å². The van der Waals surface area contributed by atoms with Crippen LogP contribution < -0.4 is 14.8 Å². The van der Waals surface area contributed by atoms with Gasteiger partial charge in [-0.05, 0) is 37.4 Å². The van der Waals surface area contributed by atoms with E-state index in [1.807, 2.05) is 0 Å². The van der Waals surface area contributed by atoms with Crippen LogP contribution in [0, 0.1) is 0 Å². The molecule has 3 rings (SSSR count). The zero-order chi connectivity index (χ0) is 13.2. The molecule has 0 saturated heterocycles. The molecule has 1 aromatic rings. The van der Waals surface area contributed by atoms with E-state index in [9.17, 15) is 0 Å². The van der Waals surface area contributed by atoms with E-state index >= 15 is 0 Å². The topological polar surface area (TPSA) is 30.5 Å². The van der Waals surface area contributed by atoms with Crippen LogP contribution in [-0.4, -0.2) is 19.8 Å². The van der Waals surface area contributed by atoms with E-state index in [2.05, 4.69) is 34.2 Å². The zero-order valence-electron chi connectivity index (χ0n) is 11.3. The normalized spacial score (nSPS) is 21.7. The molecular formula is C15H20BrNO2. The maximum atomic E-state index is 5.92. The fourth-order valence-electron chi connectivity index (χ4n) is 3.09. The van der Waals surface area contributed by atoms with E-state index < -0.39 is 0 Å². The molecule has 1 atom stereocenters. The van der Waals surface area contributed by atoms with Crippen LogP contribution in [0.4, 0.5) is 0 Å². The van der Waals surface area contributed by atoms with Gasteiger partial charge in [-0.15, -0.1) is 0 Å². The third-order valence-corrected chi connectivity index (χ3v) is 4.60. The van der Waals surface area contributed by atoms with Crippen molar-refractivity contribution in [2.45, 2.75) is 38.6 Å². The smallest absolute Gasteiger partial charge is 0.166 e. The molecule has 19 heavy (non-hydrogen) atoms. The largest absolute Gasteiger partial charge is 0.486 e. The first-order valence-electron chi connectivity index (χ1n) is 7.15. The number of hydrogen-bond acceptors (Lipinski definition) is 3. The molecule has 4 heteroatoms. The van der Waals surface area contributed by atoms with Crippen molar-refractivity contribution < 1.29 is 9.47 Å². The van der Waals surface area contributed by atoms with Crippen molar-refractivity contribution in [3.05, 3.63) is 21.7 Å². The highest BCUT2D eigenvalue weighted by atomic mass is 79.9. The quantitative estimate of drug-likeness (QED) is 0.843. The third kappa shape index (κ3) is 2.48. The van der Waals surface area contributed by atoms with Gasteiger partial charge in [-0.25, -0.2) is 0 Å². The predicted octanol–water partition coefficient (Wildman–Crippen LogP) is 3.60. The summed E-state index contributed by atoms with van der Waals surface area (Å²) in [6.45, 7) is 4.43. The van der Waals surface area contributed by atoms with E-state index in [4.69, 9.17) is 9.47 Å². The lowest BCUT2D eigenvalue weighted by Crippen LogP contribution is -2.24. The first-order valence-corrected chi connectivity index (χ1v) is 7.94. The van der Waals surface area contributed by atoms with Crippen molar-refractivity contribution in [1.82, 2.24) is 5.32 Å². The summed E-state index contributed by atoms with van der Waals surface area (Å²) in [6, 6.07) is 2.46. The minimum Gasteiger partial charge on any atom is -0.486 e. The van der Waals surface area contributed by atoms with Crippen LogP contribution in [0.2, 0.25) is 0 Å². The summed E-state index contributed by atoms with van der Waals surface area (Å²) in [5.74, 6) is 1.86. The number of rotatable bonds is 2. The highest BCUT2D eigenvalue weighted by Crippen LogP contribution is 2.46.